The number of aromatic nitrogens is 4. The van der Waals surface area contributed by atoms with Gasteiger partial charge < -0.3 is 9.67 Å². The zero-order chi connectivity index (χ0) is 17.6. The molecule has 4 aromatic rings. The zero-order valence-electron chi connectivity index (χ0n) is 13.2. The minimum absolute atomic E-state index is 0.00194. The van der Waals surface area contributed by atoms with Gasteiger partial charge in [0.2, 0.25) is 5.43 Å². The van der Waals surface area contributed by atoms with Gasteiger partial charge in [-0.3, -0.25) is 9.48 Å². The van der Waals surface area contributed by atoms with E-state index in [0.29, 0.717) is 11.1 Å². The molecule has 0 aliphatic carbocycles. The quantitative estimate of drug-likeness (QED) is 0.611. The lowest BCUT2D eigenvalue weighted by Crippen LogP contribution is -2.07. The standard InChI is InChI=1S/C18H13FN4O2/c1-22-14-8-11(2-3-12(14)9-21-22)13-4-6-20-18(17(13)19)23-7-5-15(24)16(25)10-23/h2-10,25H,1H3. The van der Waals surface area contributed by atoms with Crippen LogP contribution in [0.3, 0.4) is 0 Å². The maximum Gasteiger partial charge on any atom is 0.223 e. The summed E-state index contributed by atoms with van der Waals surface area (Å²) in [6, 6.07) is 8.29. The Hall–Kier alpha value is -3.48. The Balaban J connectivity index is 1.89. The van der Waals surface area contributed by atoms with Crippen molar-refractivity contribution in [3.8, 4) is 22.7 Å². The summed E-state index contributed by atoms with van der Waals surface area (Å²) >= 11 is 0. The zero-order valence-corrected chi connectivity index (χ0v) is 13.2. The van der Waals surface area contributed by atoms with Crippen LogP contribution in [0, 0.1) is 5.82 Å². The van der Waals surface area contributed by atoms with E-state index in [-0.39, 0.29) is 5.82 Å². The third kappa shape index (κ3) is 2.46. The van der Waals surface area contributed by atoms with Crippen molar-refractivity contribution in [1.82, 2.24) is 19.3 Å². The fourth-order valence-electron chi connectivity index (χ4n) is 2.75. The topological polar surface area (TPSA) is 72.9 Å². The normalized spacial score (nSPS) is 11.1. The number of rotatable bonds is 2. The number of nitrogens with zero attached hydrogens (tertiary/aromatic N) is 4. The number of fused-ring (bicyclic) bond motifs is 1. The van der Waals surface area contributed by atoms with E-state index in [1.807, 2.05) is 25.2 Å². The van der Waals surface area contributed by atoms with E-state index in [4.69, 9.17) is 0 Å². The van der Waals surface area contributed by atoms with E-state index in [2.05, 4.69) is 10.1 Å². The summed E-state index contributed by atoms with van der Waals surface area (Å²) in [5, 5.41) is 14.7. The number of benzene rings is 1. The lowest BCUT2D eigenvalue weighted by Gasteiger charge is -2.10. The summed E-state index contributed by atoms with van der Waals surface area (Å²) in [6.45, 7) is 0. The first kappa shape index (κ1) is 15.1. The van der Waals surface area contributed by atoms with Crippen LogP contribution in [0.4, 0.5) is 4.39 Å². The van der Waals surface area contributed by atoms with Gasteiger partial charge in [-0.25, -0.2) is 9.37 Å². The first-order chi connectivity index (χ1) is 12.0. The van der Waals surface area contributed by atoms with Crippen molar-refractivity contribution in [3.05, 3.63) is 71.2 Å². The van der Waals surface area contributed by atoms with Crippen LogP contribution in [0.15, 0.2) is 59.9 Å². The van der Waals surface area contributed by atoms with Crippen molar-refractivity contribution < 1.29 is 9.50 Å². The number of pyridine rings is 2. The maximum atomic E-state index is 15.0. The fraction of sp³-hybridized carbons (Fsp3) is 0.0556. The van der Waals surface area contributed by atoms with Gasteiger partial charge in [0.05, 0.1) is 17.9 Å². The molecule has 0 amide bonds. The van der Waals surface area contributed by atoms with Crippen LogP contribution in [-0.2, 0) is 7.05 Å². The average molecular weight is 336 g/mol. The van der Waals surface area contributed by atoms with Gasteiger partial charge in [-0.2, -0.15) is 5.10 Å². The molecule has 6 nitrogen and oxygen atoms in total. The van der Waals surface area contributed by atoms with E-state index in [9.17, 15) is 9.90 Å². The van der Waals surface area contributed by atoms with Crippen LogP contribution in [0.1, 0.15) is 0 Å². The van der Waals surface area contributed by atoms with Crippen molar-refractivity contribution in [1.29, 1.82) is 0 Å². The highest BCUT2D eigenvalue weighted by Gasteiger charge is 2.14. The van der Waals surface area contributed by atoms with Crippen molar-refractivity contribution in [3.63, 3.8) is 0 Å². The molecule has 3 heterocycles. The Bertz CT molecular complexity index is 1160. The monoisotopic (exact) mass is 336 g/mol. The van der Waals surface area contributed by atoms with Gasteiger partial charge in [-0.1, -0.05) is 12.1 Å². The van der Waals surface area contributed by atoms with Gasteiger partial charge in [0.15, 0.2) is 17.4 Å². The van der Waals surface area contributed by atoms with Crippen molar-refractivity contribution in [2.75, 3.05) is 0 Å². The number of aryl methyl sites for hydroxylation is 1. The fourth-order valence-corrected chi connectivity index (χ4v) is 2.75. The molecule has 4 rings (SSSR count). The highest BCUT2D eigenvalue weighted by Crippen LogP contribution is 2.28. The van der Waals surface area contributed by atoms with Crippen LogP contribution in [0.5, 0.6) is 5.75 Å². The van der Waals surface area contributed by atoms with Crippen LogP contribution < -0.4 is 5.43 Å². The Labute approximate surface area is 141 Å². The highest BCUT2D eigenvalue weighted by atomic mass is 19.1. The predicted molar refractivity (Wildman–Crippen MR) is 91.2 cm³/mol. The van der Waals surface area contributed by atoms with Gasteiger partial charge in [-0.05, 0) is 17.7 Å². The number of halogens is 1. The molecule has 0 saturated heterocycles. The Morgan fingerprint density at radius 1 is 1.20 bits per heavy atom. The molecule has 0 fully saturated rings. The summed E-state index contributed by atoms with van der Waals surface area (Å²) in [7, 11) is 1.82. The molecule has 0 radical (unpaired) electrons. The first-order valence-corrected chi connectivity index (χ1v) is 7.53. The Kier molecular flexibility index (Phi) is 3.35. The molecule has 0 unspecified atom stereocenters. The minimum atomic E-state index is -0.549. The summed E-state index contributed by atoms with van der Waals surface area (Å²) in [4.78, 5) is 15.4. The Morgan fingerprint density at radius 2 is 2.04 bits per heavy atom. The lowest BCUT2D eigenvalue weighted by atomic mass is 10.0. The summed E-state index contributed by atoms with van der Waals surface area (Å²) in [6.07, 6.45) is 5.73. The molecule has 1 aromatic carbocycles. The molecule has 0 saturated carbocycles. The molecule has 0 bridgehead atoms. The first-order valence-electron chi connectivity index (χ1n) is 7.53. The highest BCUT2D eigenvalue weighted by molar-refractivity contribution is 5.84. The van der Waals surface area contributed by atoms with Gasteiger partial charge in [-0.15, -0.1) is 0 Å². The van der Waals surface area contributed by atoms with E-state index in [1.54, 1.807) is 16.9 Å². The van der Waals surface area contributed by atoms with E-state index in [0.717, 1.165) is 23.2 Å². The number of hydrogen-bond donors (Lipinski definition) is 1. The van der Waals surface area contributed by atoms with Crippen molar-refractivity contribution in [2.45, 2.75) is 0 Å². The van der Waals surface area contributed by atoms with Crippen molar-refractivity contribution >= 4 is 10.9 Å². The van der Waals surface area contributed by atoms with E-state index >= 15 is 4.39 Å². The molecule has 0 aliphatic heterocycles. The van der Waals surface area contributed by atoms with E-state index in [1.165, 1.54) is 17.0 Å². The maximum absolute atomic E-state index is 15.0. The summed E-state index contributed by atoms with van der Waals surface area (Å²) in [5.74, 6) is -1.02. The minimum Gasteiger partial charge on any atom is -0.503 e. The van der Waals surface area contributed by atoms with Crippen LogP contribution in [-0.4, -0.2) is 24.4 Å². The molecule has 0 spiro atoms. The average Bonchev–Trinajstić information content (AvgIpc) is 2.98. The Morgan fingerprint density at radius 3 is 2.84 bits per heavy atom. The third-order valence-electron chi connectivity index (χ3n) is 4.08. The van der Waals surface area contributed by atoms with Gasteiger partial charge in [0.1, 0.15) is 0 Å². The van der Waals surface area contributed by atoms with Gasteiger partial charge in [0, 0.05) is 36.5 Å². The largest absolute Gasteiger partial charge is 0.503 e. The van der Waals surface area contributed by atoms with Gasteiger partial charge in [0.25, 0.3) is 0 Å². The lowest BCUT2D eigenvalue weighted by molar-refractivity contribution is 0.464. The number of aromatic hydroxyl groups is 1. The van der Waals surface area contributed by atoms with Crippen molar-refractivity contribution in [2.24, 2.45) is 7.05 Å². The second-order valence-electron chi connectivity index (χ2n) is 5.64. The molecular formula is C18H13FN4O2. The molecule has 124 valence electrons. The molecule has 7 heteroatoms. The van der Waals surface area contributed by atoms with Crippen LogP contribution in [0.2, 0.25) is 0 Å². The summed E-state index contributed by atoms with van der Waals surface area (Å²) in [5.41, 5.74) is 1.40. The van der Waals surface area contributed by atoms with Crippen LogP contribution >= 0.6 is 0 Å². The predicted octanol–water partition coefficient (Wildman–Crippen LogP) is 2.63. The molecular weight excluding hydrogens is 323 g/mol. The second-order valence-corrected chi connectivity index (χ2v) is 5.64. The van der Waals surface area contributed by atoms with Gasteiger partial charge >= 0.3 is 0 Å². The second kappa shape index (κ2) is 5.55. The smallest absolute Gasteiger partial charge is 0.223 e. The van der Waals surface area contributed by atoms with E-state index < -0.39 is 17.0 Å². The molecule has 0 atom stereocenters. The molecule has 0 aliphatic rings. The summed E-state index contributed by atoms with van der Waals surface area (Å²) < 4.78 is 18.0. The third-order valence-corrected chi connectivity index (χ3v) is 4.08. The SMILES string of the molecule is Cn1ncc2ccc(-c3ccnc(-n4ccc(=O)c(O)c4)c3F)cc21. The molecule has 3 aromatic heterocycles. The number of hydrogen-bond acceptors (Lipinski definition) is 4. The van der Waals surface area contributed by atoms with Crippen LogP contribution in [0.25, 0.3) is 27.8 Å². The molecule has 1 N–H and O–H groups in total. The molecule has 25 heavy (non-hydrogen) atoms.